The molecule has 0 amide bonds. The van der Waals surface area contributed by atoms with Crippen LogP contribution in [0.25, 0.3) is 0 Å². The monoisotopic (exact) mass is 260 g/mol. The molecule has 4 nitrogen and oxygen atoms in total. The first-order valence-electron chi connectivity index (χ1n) is 6.80. The van der Waals surface area contributed by atoms with Crippen LogP contribution in [-0.2, 0) is 10.0 Å². The standard InChI is InChI=1S/C12H24N2O2S/c1-10(11-4-2-5-11)14-17(15,16)9-3-8-13-12-6-7-12/h10-14H,2-9H2,1H3. The normalized spacial score (nSPS) is 23.4. The minimum Gasteiger partial charge on any atom is -0.314 e. The van der Waals surface area contributed by atoms with Crippen molar-refractivity contribution in [2.75, 3.05) is 12.3 Å². The van der Waals surface area contributed by atoms with Crippen LogP contribution < -0.4 is 10.0 Å². The summed E-state index contributed by atoms with van der Waals surface area (Å²) in [5.41, 5.74) is 0. The molecule has 1 unspecified atom stereocenters. The molecule has 2 aliphatic rings. The first-order chi connectivity index (χ1) is 8.07. The van der Waals surface area contributed by atoms with E-state index in [1.165, 1.54) is 32.1 Å². The van der Waals surface area contributed by atoms with Crippen LogP contribution in [0, 0.1) is 5.92 Å². The predicted octanol–water partition coefficient (Wildman–Crippen LogP) is 1.24. The molecule has 0 heterocycles. The summed E-state index contributed by atoms with van der Waals surface area (Å²) in [7, 11) is -3.07. The van der Waals surface area contributed by atoms with Gasteiger partial charge in [-0.25, -0.2) is 13.1 Å². The van der Waals surface area contributed by atoms with Gasteiger partial charge in [-0.15, -0.1) is 0 Å². The van der Waals surface area contributed by atoms with Crippen LogP contribution in [-0.4, -0.2) is 32.8 Å². The molecule has 2 rings (SSSR count). The Hall–Kier alpha value is -0.130. The van der Waals surface area contributed by atoms with Crippen molar-refractivity contribution in [3.05, 3.63) is 0 Å². The highest BCUT2D eigenvalue weighted by atomic mass is 32.2. The highest BCUT2D eigenvalue weighted by Crippen LogP contribution is 2.29. The van der Waals surface area contributed by atoms with Gasteiger partial charge in [0, 0.05) is 12.1 Å². The van der Waals surface area contributed by atoms with E-state index in [1.54, 1.807) is 0 Å². The topological polar surface area (TPSA) is 58.2 Å². The van der Waals surface area contributed by atoms with E-state index in [0.717, 1.165) is 6.54 Å². The summed E-state index contributed by atoms with van der Waals surface area (Å²) in [6.45, 7) is 2.81. The van der Waals surface area contributed by atoms with Crippen molar-refractivity contribution < 1.29 is 8.42 Å². The molecule has 1 atom stereocenters. The number of hydrogen-bond donors (Lipinski definition) is 2. The molecule has 100 valence electrons. The van der Waals surface area contributed by atoms with Crippen molar-refractivity contribution in [3.63, 3.8) is 0 Å². The molecular weight excluding hydrogens is 236 g/mol. The molecule has 2 aliphatic carbocycles. The molecular formula is C12H24N2O2S. The molecule has 0 radical (unpaired) electrons. The Bertz CT molecular complexity index is 334. The summed E-state index contributed by atoms with van der Waals surface area (Å²) in [5.74, 6) is 0.818. The van der Waals surface area contributed by atoms with Crippen LogP contribution in [0.1, 0.15) is 45.4 Å². The number of nitrogens with one attached hydrogen (secondary N) is 2. The van der Waals surface area contributed by atoms with Crippen molar-refractivity contribution in [2.45, 2.75) is 57.5 Å². The van der Waals surface area contributed by atoms with Crippen molar-refractivity contribution in [2.24, 2.45) is 5.92 Å². The van der Waals surface area contributed by atoms with E-state index < -0.39 is 10.0 Å². The zero-order valence-corrected chi connectivity index (χ0v) is 11.4. The molecule has 0 aromatic carbocycles. The summed E-state index contributed by atoms with van der Waals surface area (Å²) in [6, 6.07) is 0.782. The van der Waals surface area contributed by atoms with Gasteiger partial charge in [-0.2, -0.15) is 0 Å². The van der Waals surface area contributed by atoms with E-state index >= 15 is 0 Å². The SMILES string of the molecule is CC(NS(=O)(=O)CCCNC1CC1)C1CCC1. The quantitative estimate of drug-likeness (QED) is 0.646. The maximum Gasteiger partial charge on any atom is 0.211 e. The van der Waals surface area contributed by atoms with Crippen LogP contribution in [0.5, 0.6) is 0 Å². The van der Waals surface area contributed by atoms with Gasteiger partial charge in [0.25, 0.3) is 0 Å². The molecule has 17 heavy (non-hydrogen) atoms. The second kappa shape index (κ2) is 5.67. The lowest BCUT2D eigenvalue weighted by Gasteiger charge is -2.31. The third-order valence-electron chi connectivity index (χ3n) is 3.82. The minimum absolute atomic E-state index is 0.116. The molecule has 0 bridgehead atoms. The molecule has 0 aromatic rings. The van der Waals surface area contributed by atoms with Crippen molar-refractivity contribution >= 4 is 10.0 Å². The van der Waals surface area contributed by atoms with E-state index in [4.69, 9.17) is 0 Å². The molecule has 2 N–H and O–H groups in total. The van der Waals surface area contributed by atoms with Gasteiger partial charge in [-0.05, 0) is 51.5 Å². The average Bonchev–Trinajstić information content (AvgIpc) is 2.91. The number of sulfonamides is 1. The van der Waals surface area contributed by atoms with E-state index in [2.05, 4.69) is 10.0 Å². The number of rotatable bonds is 8. The minimum atomic E-state index is -3.07. The van der Waals surface area contributed by atoms with E-state index in [1.807, 2.05) is 6.92 Å². The molecule has 2 saturated carbocycles. The fraction of sp³-hybridized carbons (Fsp3) is 1.00. The Morgan fingerprint density at radius 3 is 2.47 bits per heavy atom. The zero-order chi connectivity index (χ0) is 12.3. The maximum atomic E-state index is 11.8. The van der Waals surface area contributed by atoms with Crippen molar-refractivity contribution in [1.82, 2.24) is 10.0 Å². The van der Waals surface area contributed by atoms with Crippen LogP contribution >= 0.6 is 0 Å². The van der Waals surface area contributed by atoms with Gasteiger partial charge < -0.3 is 5.32 Å². The molecule has 0 spiro atoms. The molecule has 5 heteroatoms. The Balaban J connectivity index is 1.62. The smallest absolute Gasteiger partial charge is 0.211 e. The third kappa shape index (κ3) is 4.56. The van der Waals surface area contributed by atoms with Crippen LogP contribution in [0.2, 0.25) is 0 Å². The summed E-state index contributed by atoms with van der Waals surface area (Å²) in [6.07, 6.45) is 6.82. The van der Waals surface area contributed by atoms with Crippen molar-refractivity contribution in [1.29, 1.82) is 0 Å². The fourth-order valence-electron chi connectivity index (χ4n) is 2.23. The lowest BCUT2D eigenvalue weighted by Crippen LogP contribution is -2.42. The Kier molecular flexibility index (Phi) is 4.44. The highest BCUT2D eigenvalue weighted by Gasteiger charge is 2.27. The Morgan fingerprint density at radius 2 is 1.94 bits per heavy atom. The van der Waals surface area contributed by atoms with Gasteiger partial charge in [0.15, 0.2) is 0 Å². The third-order valence-corrected chi connectivity index (χ3v) is 5.38. The fourth-order valence-corrected chi connectivity index (χ4v) is 3.64. The predicted molar refractivity (Wildman–Crippen MR) is 69.4 cm³/mol. The van der Waals surface area contributed by atoms with Gasteiger partial charge >= 0.3 is 0 Å². The van der Waals surface area contributed by atoms with E-state index in [0.29, 0.717) is 18.4 Å². The first kappa shape index (κ1) is 13.3. The van der Waals surface area contributed by atoms with E-state index in [-0.39, 0.29) is 11.8 Å². The van der Waals surface area contributed by atoms with Gasteiger partial charge in [0.1, 0.15) is 0 Å². The summed E-state index contributed by atoms with van der Waals surface area (Å²) in [4.78, 5) is 0. The molecule has 0 saturated heterocycles. The number of hydrogen-bond acceptors (Lipinski definition) is 3. The largest absolute Gasteiger partial charge is 0.314 e. The second-order valence-corrected chi connectivity index (χ2v) is 7.37. The van der Waals surface area contributed by atoms with Gasteiger partial charge in [0.2, 0.25) is 10.0 Å². The summed E-state index contributed by atoms with van der Waals surface area (Å²) < 4.78 is 26.4. The highest BCUT2D eigenvalue weighted by molar-refractivity contribution is 7.89. The maximum absolute atomic E-state index is 11.8. The summed E-state index contributed by atoms with van der Waals surface area (Å²) >= 11 is 0. The van der Waals surface area contributed by atoms with Gasteiger partial charge in [0.05, 0.1) is 5.75 Å². The first-order valence-corrected chi connectivity index (χ1v) is 8.45. The lowest BCUT2D eigenvalue weighted by atomic mass is 9.81. The molecule has 2 fully saturated rings. The second-order valence-electron chi connectivity index (χ2n) is 5.50. The average molecular weight is 260 g/mol. The zero-order valence-electron chi connectivity index (χ0n) is 10.6. The molecule has 0 aliphatic heterocycles. The van der Waals surface area contributed by atoms with Crippen LogP contribution in [0.3, 0.4) is 0 Å². The van der Waals surface area contributed by atoms with Gasteiger partial charge in [-0.1, -0.05) is 6.42 Å². The summed E-state index contributed by atoms with van der Waals surface area (Å²) in [5, 5.41) is 3.34. The Labute approximate surface area is 105 Å². The lowest BCUT2D eigenvalue weighted by molar-refractivity contribution is 0.260. The van der Waals surface area contributed by atoms with Crippen LogP contribution in [0.15, 0.2) is 0 Å². The van der Waals surface area contributed by atoms with Gasteiger partial charge in [-0.3, -0.25) is 0 Å². The van der Waals surface area contributed by atoms with E-state index in [9.17, 15) is 8.42 Å². The molecule has 0 aromatic heterocycles. The van der Waals surface area contributed by atoms with Crippen LogP contribution in [0.4, 0.5) is 0 Å². The Morgan fingerprint density at radius 1 is 1.24 bits per heavy atom. The van der Waals surface area contributed by atoms with Crippen molar-refractivity contribution in [3.8, 4) is 0 Å².